The molecule has 1 fully saturated rings. The van der Waals surface area contributed by atoms with Gasteiger partial charge >= 0.3 is 5.97 Å². The zero-order chi connectivity index (χ0) is 27.4. The number of benzene rings is 1. The number of nitrogens with zero attached hydrogens (tertiary/aromatic N) is 4. The summed E-state index contributed by atoms with van der Waals surface area (Å²) in [5.74, 6) is -1.49. The first-order chi connectivity index (χ1) is 18.7. The minimum absolute atomic E-state index is 0.00411. The summed E-state index contributed by atoms with van der Waals surface area (Å²) < 4.78 is 18.7. The molecular formula is C30H32FN5O3. The number of aromatic carboxylic acids is 1. The molecule has 3 aromatic heterocycles. The van der Waals surface area contributed by atoms with E-state index in [0.717, 1.165) is 78.6 Å². The van der Waals surface area contributed by atoms with Crippen LogP contribution in [0, 0.1) is 12.7 Å². The van der Waals surface area contributed by atoms with Crippen molar-refractivity contribution < 1.29 is 14.3 Å². The Balaban J connectivity index is 1.26. The van der Waals surface area contributed by atoms with Gasteiger partial charge in [0.2, 0.25) is 0 Å². The summed E-state index contributed by atoms with van der Waals surface area (Å²) in [4.78, 5) is 31.6. The van der Waals surface area contributed by atoms with Crippen LogP contribution in [0.25, 0.3) is 16.7 Å². The third-order valence-electron chi connectivity index (χ3n) is 8.58. The second kappa shape index (κ2) is 9.64. The van der Waals surface area contributed by atoms with Gasteiger partial charge in [0.1, 0.15) is 11.5 Å². The Morgan fingerprint density at radius 3 is 2.69 bits per heavy atom. The average Bonchev–Trinajstić information content (AvgIpc) is 3.54. The van der Waals surface area contributed by atoms with Gasteiger partial charge in [-0.1, -0.05) is 0 Å². The summed E-state index contributed by atoms with van der Waals surface area (Å²) in [5.41, 5.74) is 5.82. The van der Waals surface area contributed by atoms with E-state index in [1.807, 2.05) is 25.4 Å². The summed E-state index contributed by atoms with van der Waals surface area (Å²) in [5, 5.41) is 13.4. The molecule has 2 aliphatic heterocycles. The van der Waals surface area contributed by atoms with E-state index in [0.29, 0.717) is 11.1 Å². The van der Waals surface area contributed by atoms with Gasteiger partial charge in [-0.2, -0.15) is 0 Å². The molecule has 9 heteroatoms. The van der Waals surface area contributed by atoms with E-state index in [4.69, 9.17) is 0 Å². The smallest absolute Gasteiger partial charge is 0.335 e. The molecular weight excluding hydrogens is 497 g/mol. The van der Waals surface area contributed by atoms with Gasteiger partial charge in [0, 0.05) is 54.4 Å². The van der Waals surface area contributed by atoms with Crippen LogP contribution in [0.1, 0.15) is 64.5 Å². The van der Waals surface area contributed by atoms with Crippen molar-refractivity contribution in [1.82, 2.24) is 19.0 Å². The molecule has 8 nitrogen and oxygen atoms in total. The molecule has 39 heavy (non-hydrogen) atoms. The SMILES string of the molecule is Cc1cc(C(=O)O)cc(F)c1C1CCN([C@H](C)c2cc3c(-n4ccc5c(c4=O)CCN5)ccnc3n2C)CC1. The second-order valence-electron chi connectivity index (χ2n) is 10.7. The first-order valence-electron chi connectivity index (χ1n) is 13.4. The van der Waals surface area contributed by atoms with Crippen molar-refractivity contribution in [2.45, 2.75) is 45.1 Å². The minimum Gasteiger partial charge on any atom is -0.478 e. The predicted molar refractivity (Wildman–Crippen MR) is 149 cm³/mol. The summed E-state index contributed by atoms with van der Waals surface area (Å²) in [7, 11) is 2.01. The number of aryl methyl sites for hydroxylation is 2. The van der Waals surface area contributed by atoms with Crippen molar-refractivity contribution in [3.8, 4) is 5.69 Å². The number of rotatable bonds is 5. The highest BCUT2D eigenvalue weighted by Gasteiger charge is 2.29. The van der Waals surface area contributed by atoms with E-state index in [2.05, 4.69) is 32.8 Å². The molecule has 0 radical (unpaired) electrons. The van der Waals surface area contributed by atoms with Crippen LogP contribution in [0.15, 0.2) is 47.5 Å². The van der Waals surface area contributed by atoms with Crippen LogP contribution in [0.3, 0.4) is 0 Å². The van der Waals surface area contributed by atoms with Crippen molar-refractivity contribution >= 4 is 22.7 Å². The Kier molecular flexibility index (Phi) is 6.26. The van der Waals surface area contributed by atoms with Crippen LogP contribution in [0.4, 0.5) is 10.1 Å². The van der Waals surface area contributed by atoms with Gasteiger partial charge in [0.25, 0.3) is 5.56 Å². The number of pyridine rings is 2. The maximum atomic E-state index is 14.9. The number of hydrogen-bond acceptors (Lipinski definition) is 5. The molecule has 1 atom stereocenters. The van der Waals surface area contributed by atoms with Crippen LogP contribution < -0.4 is 10.9 Å². The number of likely N-dealkylation sites (tertiary alicyclic amines) is 1. The Morgan fingerprint density at radius 1 is 1.21 bits per heavy atom. The van der Waals surface area contributed by atoms with Crippen LogP contribution in [-0.2, 0) is 13.5 Å². The topological polar surface area (TPSA) is 92.4 Å². The quantitative estimate of drug-likeness (QED) is 0.387. The summed E-state index contributed by atoms with van der Waals surface area (Å²) >= 11 is 0. The molecule has 2 N–H and O–H groups in total. The minimum atomic E-state index is -1.11. The predicted octanol–water partition coefficient (Wildman–Crippen LogP) is 4.78. The third-order valence-corrected chi connectivity index (χ3v) is 8.58. The number of carboxylic acids is 1. The number of aromatic nitrogens is 3. The molecule has 0 aliphatic carbocycles. The maximum Gasteiger partial charge on any atom is 0.335 e. The number of hydrogen-bond donors (Lipinski definition) is 2. The molecule has 5 heterocycles. The first kappa shape index (κ1) is 25.3. The highest BCUT2D eigenvalue weighted by molar-refractivity contribution is 5.88. The first-order valence-corrected chi connectivity index (χ1v) is 13.4. The fourth-order valence-corrected chi connectivity index (χ4v) is 6.49. The fourth-order valence-electron chi connectivity index (χ4n) is 6.49. The zero-order valence-corrected chi connectivity index (χ0v) is 22.4. The van der Waals surface area contributed by atoms with E-state index in [-0.39, 0.29) is 23.1 Å². The van der Waals surface area contributed by atoms with Crippen molar-refractivity contribution in [3.63, 3.8) is 0 Å². The van der Waals surface area contributed by atoms with E-state index < -0.39 is 11.8 Å². The van der Waals surface area contributed by atoms with Crippen LogP contribution >= 0.6 is 0 Å². The fraction of sp³-hybridized carbons (Fsp3) is 0.367. The van der Waals surface area contributed by atoms with Gasteiger partial charge in [0.05, 0.1) is 11.3 Å². The molecule has 1 aromatic carbocycles. The Labute approximate surface area is 225 Å². The summed E-state index contributed by atoms with van der Waals surface area (Å²) in [6.07, 6.45) is 5.89. The van der Waals surface area contributed by atoms with E-state index in [1.165, 1.54) is 0 Å². The Morgan fingerprint density at radius 2 is 1.97 bits per heavy atom. The number of anilines is 1. The van der Waals surface area contributed by atoms with E-state index in [9.17, 15) is 19.1 Å². The largest absolute Gasteiger partial charge is 0.478 e. The molecule has 1 saturated heterocycles. The van der Waals surface area contributed by atoms with Gasteiger partial charge in [-0.3, -0.25) is 14.3 Å². The second-order valence-corrected chi connectivity index (χ2v) is 10.7. The van der Waals surface area contributed by atoms with Crippen molar-refractivity contribution in [2.24, 2.45) is 7.05 Å². The monoisotopic (exact) mass is 529 g/mol. The Hall–Kier alpha value is -3.98. The number of nitrogens with one attached hydrogen (secondary N) is 1. The molecule has 4 aromatic rings. The number of fused-ring (bicyclic) bond motifs is 2. The van der Waals surface area contributed by atoms with Gasteiger partial charge in [-0.05, 0) is 93.6 Å². The number of carboxylic acid groups (broad SMARTS) is 1. The Bertz CT molecular complexity index is 1640. The van der Waals surface area contributed by atoms with Gasteiger partial charge in [0.15, 0.2) is 0 Å². The summed E-state index contributed by atoms with van der Waals surface area (Å²) in [6, 6.07) is 8.80. The third kappa shape index (κ3) is 4.21. The number of piperidine rings is 1. The summed E-state index contributed by atoms with van der Waals surface area (Å²) in [6.45, 7) is 6.34. The maximum absolute atomic E-state index is 14.9. The molecule has 0 unspecified atom stereocenters. The van der Waals surface area contributed by atoms with Gasteiger partial charge in [-0.15, -0.1) is 0 Å². The average molecular weight is 530 g/mol. The van der Waals surface area contributed by atoms with Crippen molar-refractivity contribution in [1.29, 1.82) is 0 Å². The van der Waals surface area contributed by atoms with Gasteiger partial charge in [-0.25, -0.2) is 14.2 Å². The molecule has 2 aliphatic rings. The van der Waals surface area contributed by atoms with Crippen LogP contribution in [-0.4, -0.2) is 49.7 Å². The zero-order valence-electron chi connectivity index (χ0n) is 22.4. The molecule has 0 bridgehead atoms. The van der Waals surface area contributed by atoms with E-state index >= 15 is 0 Å². The van der Waals surface area contributed by atoms with Crippen LogP contribution in [0.5, 0.6) is 0 Å². The van der Waals surface area contributed by atoms with E-state index in [1.54, 1.807) is 23.8 Å². The van der Waals surface area contributed by atoms with Crippen LogP contribution in [0.2, 0.25) is 0 Å². The molecule has 0 saturated carbocycles. The molecule has 6 rings (SSSR count). The highest BCUT2D eigenvalue weighted by Crippen LogP contribution is 2.37. The van der Waals surface area contributed by atoms with Gasteiger partial charge < -0.3 is 15.0 Å². The molecule has 0 amide bonds. The lowest BCUT2D eigenvalue weighted by molar-refractivity contribution is 0.0696. The normalized spacial score (nSPS) is 16.8. The molecule has 202 valence electrons. The lowest BCUT2D eigenvalue weighted by Crippen LogP contribution is -2.36. The van der Waals surface area contributed by atoms with Crippen molar-refractivity contribution in [2.75, 3.05) is 25.0 Å². The standard InChI is InChI=1S/C30H32FN5O3/c1-17-14-20(30(38)39)15-23(31)27(17)19-6-11-35(12-7-19)18(2)26-16-22-25(5-10-33-28(22)34(26)3)36-13-8-24-21(29(36)37)4-9-32-24/h5,8,10,13-16,18-19,32H,4,6-7,9,11-12H2,1-3H3,(H,38,39)/t18-/m1/s1. The number of carbonyl (C=O) groups is 1. The molecule has 0 spiro atoms. The highest BCUT2D eigenvalue weighted by atomic mass is 19.1. The van der Waals surface area contributed by atoms with Crippen molar-refractivity contribution in [3.05, 3.63) is 86.8 Å². The lowest BCUT2D eigenvalue weighted by atomic mass is 9.85. The lowest BCUT2D eigenvalue weighted by Gasteiger charge is -2.37. The number of halogens is 1.